The highest BCUT2D eigenvalue weighted by Crippen LogP contribution is 2.28. The largest absolute Gasteiger partial charge is 0.444 e. The Labute approximate surface area is 143 Å². The number of anilines is 1. The SMILES string of the molecule is CN(c1cccc2ncccc12)C1CCN(C(=O)OC(C)(C)C)C1. The zero-order chi connectivity index (χ0) is 17.3. The van der Waals surface area contributed by atoms with Crippen LogP contribution in [0.1, 0.15) is 27.2 Å². The van der Waals surface area contributed by atoms with E-state index in [1.807, 2.05) is 45.2 Å². The number of fused-ring (bicyclic) bond motifs is 1. The minimum atomic E-state index is -0.456. The van der Waals surface area contributed by atoms with Gasteiger partial charge in [-0.1, -0.05) is 6.07 Å². The van der Waals surface area contributed by atoms with Crippen LogP contribution in [0.5, 0.6) is 0 Å². The standard InChI is InChI=1S/C19H25N3O2/c1-19(2,3)24-18(23)22-12-10-14(13-22)21(4)17-9-5-8-16-15(17)7-6-11-20-16/h5-9,11,14H,10,12-13H2,1-4H3. The fourth-order valence-corrected chi connectivity index (χ4v) is 3.14. The van der Waals surface area contributed by atoms with Gasteiger partial charge in [0.2, 0.25) is 0 Å². The van der Waals surface area contributed by atoms with Crippen molar-refractivity contribution in [1.29, 1.82) is 0 Å². The molecular weight excluding hydrogens is 302 g/mol. The van der Waals surface area contributed by atoms with Gasteiger partial charge in [-0.25, -0.2) is 4.79 Å². The monoisotopic (exact) mass is 327 g/mol. The van der Waals surface area contributed by atoms with E-state index in [-0.39, 0.29) is 12.1 Å². The fourth-order valence-electron chi connectivity index (χ4n) is 3.14. The molecule has 1 atom stereocenters. The van der Waals surface area contributed by atoms with Crippen LogP contribution in [0, 0.1) is 0 Å². The maximum atomic E-state index is 12.3. The third-order valence-electron chi connectivity index (χ3n) is 4.37. The summed E-state index contributed by atoms with van der Waals surface area (Å²) >= 11 is 0. The van der Waals surface area contributed by atoms with E-state index in [1.165, 1.54) is 0 Å². The summed E-state index contributed by atoms with van der Waals surface area (Å²) in [6.45, 7) is 7.10. The Balaban J connectivity index is 1.74. The number of likely N-dealkylation sites (N-methyl/N-ethyl adjacent to an activating group) is 1. The lowest BCUT2D eigenvalue weighted by Crippen LogP contribution is -2.39. The third kappa shape index (κ3) is 3.45. The number of aromatic nitrogens is 1. The second-order valence-electron chi connectivity index (χ2n) is 7.33. The van der Waals surface area contributed by atoms with E-state index in [0.29, 0.717) is 6.54 Å². The van der Waals surface area contributed by atoms with Crippen molar-refractivity contribution < 1.29 is 9.53 Å². The van der Waals surface area contributed by atoms with Crippen LogP contribution in [0.3, 0.4) is 0 Å². The normalized spacial score (nSPS) is 18.0. The molecule has 24 heavy (non-hydrogen) atoms. The van der Waals surface area contributed by atoms with Crippen molar-refractivity contribution in [3.05, 3.63) is 36.5 Å². The lowest BCUT2D eigenvalue weighted by Gasteiger charge is -2.28. The number of rotatable bonds is 2. The molecule has 1 aromatic heterocycles. The van der Waals surface area contributed by atoms with E-state index in [4.69, 9.17) is 4.74 Å². The quantitative estimate of drug-likeness (QED) is 0.844. The molecule has 1 aliphatic rings. The highest BCUT2D eigenvalue weighted by molar-refractivity contribution is 5.91. The number of carbonyl (C=O) groups is 1. The highest BCUT2D eigenvalue weighted by atomic mass is 16.6. The van der Waals surface area contributed by atoms with Gasteiger partial charge in [0.05, 0.1) is 5.52 Å². The summed E-state index contributed by atoms with van der Waals surface area (Å²) in [6.07, 6.45) is 2.52. The molecule has 5 nitrogen and oxygen atoms in total. The topological polar surface area (TPSA) is 45.7 Å². The predicted molar refractivity (Wildman–Crippen MR) is 96.4 cm³/mol. The molecule has 2 heterocycles. The summed E-state index contributed by atoms with van der Waals surface area (Å²) < 4.78 is 5.48. The number of nitrogens with zero attached hydrogens (tertiary/aromatic N) is 3. The molecule has 3 rings (SSSR count). The number of hydrogen-bond donors (Lipinski definition) is 0. The summed E-state index contributed by atoms with van der Waals surface area (Å²) in [4.78, 5) is 20.7. The van der Waals surface area contributed by atoms with E-state index in [9.17, 15) is 4.79 Å². The van der Waals surface area contributed by atoms with Gasteiger partial charge < -0.3 is 14.5 Å². The minimum absolute atomic E-state index is 0.224. The van der Waals surface area contributed by atoms with Crippen LogP contribution in [0.25, 0.3) is 10.9 Å². The Bertz CT molecular complexity index is 733. The van der Waals surface area contributed by atoms with Crippen molar-refractivity contribution in [1.82, 2.24) is 9.88 Å². The smallest absolute Gasteiger partial charge is 0.410 e. The van der Waals surface area contributed by atoms with E-state index in [1.54, 1.807) is 4.90 Å². The predicted octanol–water partition coefficient (Wildman–Crippen LogP) is 3.68. The first-order valence-corrected chi connectivity index (χ1v) is 8.40. The zero-order valence-corrected chi connectivity index (χ0v) is 14.8. The number of hydrogen-bond acceptors (Lipinski definition) is 4. The first kappa shape index (κ1) is 16.6. The number of amides is 1. The molecule has 0 N–H and O–H groups in total. The van der Waals surface area contributed by atoms with Gasteiger partial charge in [-0.05, 0) is 51.5 Å². The maximum Gasteiger partial charge on any atom is 0.410 e. The van der Waals surface area contributed by atoms with Crippen molar-refractivity contribution >= 4 is 22.7 Å². The summed E-state index contributed by atoms with van der Waals surface area (Å²) in [5.41, 5.74) is 1.68. The molecule has 1 aliphatic heterocycles. The van der Waals surface area contributed by atoms with Gasteiger partial charge in [-0.15, -0.1) is 0 Å². The van der Waals surface area contributed by atoms with Crippen molar-refractivity contribution in [2.24, 2.45) is 0 Å². The van der Waals surface area contributed by atoms with Gasteiger partial charge in [0, 0.05) is 43.4 Å². The average molecular weight is 327 g/mol. The Hall–Kier alpha value is -2.30. The Morgan fingerprint density at radius 2 is 2.08 bits per heavy atom. The van der Waals surface area contributed by atoms with Crippen LogP contribution in [0.4, 0.5) is 10.5 Å². The molecule has 0 saturated carbocycles. The Morgan fingerprint density at radius 3 is 2.83 bits per heavy atom. The highest BCUT2D eigenvalue weighted by Gasteiger charge is 2.32. The molecular formula is C19H25N3O2. The van der Waals surface area contributed by atoms with Crippen LogP contribution in [0.15, 0.2) is 36.5 Å². The van der Waals surface area contributed by atoms with Crippen LogP contribution in [0.2, 0.25) is 0 Å². The van der Waals surface area contributed by atoms with E-state index in [0.717, 1.165) is 29.6 Å². The van der Waals surface area contributed by atoms with Gasteiger partial charge in [0.25, 0.3) is 0 Å². The average Bonchev–Trinajstić information content (AvgIpc) is 3.02. The molecule has 1 saturated heterocycles. The molecule has 1 aromatic carbocycles. The minimum Gasteiger partial charge on any atom is -0.444 e. The molecule has 2 aromatic rings. The van der Waals surface area contributed by atoms with Gasteiger partial charge >= 0.3 is 6.09 Å². The summed E-state index contributed by atoms with van der Waals surface area (Å²) in [6, 6.07) is 10.5. The number of ether oxygens (including phenoxy) is 1. The molecule has 128 valence electrons. The second kappa shape index (κ2) is 6.30. The Morgan fingerprint density at radius 1 is 1.29 bits per heavy atom. The van der Waals surface area contributed by atoms with Crippen LogP contribution in [-0.2, 0) is 4.74 Å². The lowest BCUT2D eigenvalue weighted by molar-refractivity contribution is 0.0292. The van der Waals surface area contributed by atoms with Gasteiger partial charge in [-0.2, -0.15) is 0 Å². The molecule has 1 unspecified atom stereocenters. The van der Waals surface area contributed by atoms with E-state index in [2.05, 4.69) is 29.1 Å². The molecule has 1 amide bonds. The van der Waals surface area contributed by atoms with Crippen LogP contribution < -0.4 is 4.90 Å². The van der Waals surface area contributed by atoms with Gasteiger partial charge in [0.1, 0.15) is 5.60 Å². The van der Waals surface area contributed by atoms with E-state index < -0.39 is 5.60 Å². The maximum absolute atomic E-state index is 12.3. The first-order chi connectivity index (χ1) is 11.3. The van der Waals surface area contributed by atoms with E-state index >= 15 is 0 Å². The zero-order valence-electron chi connectivity index (χ0n) is 14.8. The number of likely N-dealkylation sites (tertiary alicyclic amines) is 1. The molecule has 0 spiro atoms. The molecule has 0 radical (unpaired) electrons. The molecule has 1 fully saturated rings. The Kier molecular flexibility index (Phi) is 4.35. The van der Waals surface area contributed by atoms with Gasteiger partial charge in [-0.3, -0.25) is 4.98 Å². The molecule has 0 aliphatic carbocycles. The van der Waals surface area contributed by atoms with Gasteiger partial charge in [0.15, 0.2) is 0 Å². The van der Waals surface area contributed by atoms with Crippen LogP contribution >= 0.6 is 0 Å². The number of pyridine rings is 1. The van der Waals surface area contributed by atoms with Crippen molar-refractivity contribution in [2.75, 3.05) is 25.0 Å². The first-order valence-electron chi connectivity index (χ1n) is 8.40. The fraction of sp³-hybridized carbons (Fsp3) is 0.474. The number of carbonyl (C=O) groups excluding carboxylic acids is 1. The van der Waals surface area contributed by atoms with Crippen molar-refractivity contribution in [3.8, 4) is 0 Å². The lowest BCUT2D eigenvalue weighted by atomic mass is 10.1. The molecule has 5 heteroatoms. The summed E-state index contributed by atoms with van der Waals surface area (Å²) in [5.74, 6) is 0. The summed E-state index contributed by atoms with van der Waals surface area (Å²) in [5, 5.41) is 1.14. The van der Waals surface area contributed by atoms with Crippen LogP contribution in [-0.4, -0.2) is 47.8 Å². The second-order valence-corrected chi connectivity index (χ2v) is 7.33. The third-order valence-corrected chi connectivity index (χ3v) is 4.37. The van der Waals surface area contributed by atoms with Crippen molar-refractivity contribution in [2.45, 2.75) is 38.8 Å². The van der Waals surface area contributed by atoms with Crippen molar-refractivity contribution in [3.63, 3.8) is 0 Å². The molecule has 0 bridgehead atoms. The number of benzene rings is 1. The summed E-state index contributed by atoms with van der Waals surface area (Å²) in [7, 11) is 2.09.